The van der Waals surface area contributed by atoms with Gasteiger partial charge in [-0.1, -0.05) is 15.9 Å². The zero-order valence-electron chi connectivity index (χ0n) is 9.95. The number of benzene rings is 1. The van der Waals surface area contributed by atoms with Crippen molar-refractivity contribution >= 4 is 65.2 Å². The van der Waals surface area contributed by atoms with Crippen LogP contribution in [0.1, 0.15) is 10.4 Å². The quantitative estimate of drug-likeness (QED) is 0.475. The second kappa shape index (κ2) is 6.66. The number of amides is 1. The van der Waals surface area contributed by atoms with Crippen LogP contribution in [0.4, 0.5) is 11.5 Å². The number of nitrogens with one attached hydrogen (secondary N) is 2. The summed E-state index contributed by atoms with van der Waals surface area (Å²) in [5, 5.41) is 2.79. The average Bonchev–Trinajstić information content (AvgIpc) is 2.41. The molecule has 2 aromatic rings. The Bertz CT molecular complexity index is 663. The first-order chi connectivity index (χ1) is 9.51. The molecule has 1 aromatic carbocycles. The smallest absolute Gasteiger partial charge is 0.259 e. The van der Waals surface area contributed by atoms with E-state index in [4.69, 9.17) is 5.84 Å². The van der Waals surface area contributed by atoms with E-state index in [1.807, 2.05) is 12.1 Å². The van der Waals surface area contributed by atoms with Crippen LogP contribution in [0.2, 0.25) is 0 Å². The van der Waals surface area contributed by atoms with Gasteiger partial charge in [0, 0.05) is 19.6 Å². The van der Waals surface area contributed by atoms with Gasteiger partial charge in [0.05, 0.1) is 11.3 Å². The molecule has 0 aliphatic heterocycles. The van der Waals surface area contributed by atoms with Crippen molar-refractivity contribution in [3.63, 3.8) is 0 Å². The summed E-state index contributed by atoms with van der Waals surface area (Å²) in [7, 11) is 0. The lowest BCUT2D eigenvalue weighted by Gasteiger charge is -2.10. The fraction of sp³-hybridized carbons (Fsp3) is 0. The molecule has 5 nitrogen and oxygen atoms in total. The molecule has 0 fully saturated rings. The molecule has 4 N–H and O–H groups in total. The first-order valence-electron chi connectivity index (χ1n) is 5.40. The lowest BCUT2D eigenvalue weighted by Crippen LogP contribution is -2.18. The van der Waals surface area contributed by atoms with Crippen molar-refractivity contribution in [1.29, 1.82) is 0 Å². The van der Waals surface area contributed by atoms with E-state index >= 15 is 0 Å². The first kappa shape index (κ1) is 15.4. The van der Waals surface area contributed by atoms with Crippen LogP contribution in [-0.4, -0.2) is 10.9 Å². The van der Waals surface area contributed by atoms with Crippen LogP contribution >= 0.6 is 47.8 Å². The number of anilines is 2. The topological polar surface area (TPSA) is 80.0 Å². The summed E-state index contributed by atoms with van der Waals surface area (Å²) in [5.74, 6) is 5.35. The number of nitrogens with two attached hydrogens (primary N) is 1. The lowest BCUT2D eigenvalue weighted by atomic mass is 10.2. The number of carbonyl (C=O) groups is 1. The molecule has 0 unspecified atom stereocenters. The van der Waals surface area contributed by atoms with E-state index < -0.39 is 0 Å². The maximum absolute atomic E-state index is 12.3. The average molecular weight is 465 g/mol. The Morgan fingerprint density at radius 3 is 2.55 bits per heavy atom. The van der Waals surface area contributed by atoms with Gasteiger partial charge in [-0.2, -0.15) is 0 Å². The second-order valence-electron chi connectivity index (χ2n) is 3.77. The fourth-order valence-corrected chi connectivity index (χ4v) is 2.99. The van der Waals surface area contributed by atoms with Crippen LogP contribution < -0.4 is 16.6 Å². The van der Waals surface area contributed by atoms with Crippen LogP contribution in [0.15, 0.2) is 43.9 Å². The number of hydrazine groups is 1. The minimum atomic E-state index is -0.310. The molecule has 1 heterocycles. The largest absolute Gasteiger partial charge is 0.321 e. The van der Waals surface area contributed by atoms with Gasteiger partial charge in [-0.15, -0.1) is 0 Å². The van der Waals surface area contributed by atoms with Gasteiger partial charge in [-0.05, 0) is 56.1 Å². The molecule has 2 rings (SSSR count). The van der Waals surface area contributed by atoms with Crippen molar-refractivity contribution in [3.05, 3.63) is 49.4 Å². The Morgan fingerprint density at radius 2 is 1.90 bits per heavy atom. The Morgan fingerprint density at radius 1 is 1.15 bits per heavy atom. The van der Waals surface area contributed by atoms with Crippen LogP contribution in [0.25, 0.3) is 0 Å². The Labute approximate surface area is 140 Å². The third-order valence-electron chi connectivity index (χ3n) is 2.42. The number of aromatic nitrogens is 1. The summed E-state index contributed by atoms with van der Waals surface area (Å²) in [6, 6.07) is 7.11. The van der Waals surface area contributed by atoms with Gasteiger partial charge in [0.25, 0.3) is 5.91 Å². The monoisotopic (exact) mass is 462 g/mol. The number of carbonyl (C=O) groups excluding carboxylic acids is 1. The molecule has 0 atom stereocenters. The lowest BCUT2D eigenvalue weighted by molar-refractivity contribution is 0.102. The minimum absolute atomic E-state index is 0.305. The van der Waals surface area contributed by atoms with E-state index in [-0.39, 0.29) is 5.91 Å². The number of rotatable bonds is 3. The van der Waals surface area contributed by atoms with Gasteiger partial charge in [0.1, 0.15) is 0 Å². The van der Waals surface area contributed by atoms with Crippen molar-refractivity contribution in [2.45, 2.75) is 0 Å². The Hall–Kier alpha value is -0.960. The highest BCUT2D eigenvalue weighted by atomic mass is 79.9. The molecule has 1 aromatic heterocycles. The Kier molecular flexibility index (Phi) is 5.14. The highest BCUT2D eigenvalue weighted by molar-refractivity contribution is 9.11. The standard InChI is InChI=1S/C12H9Br3N4O/c13-6-1-2-10(9(15)4-6)18-12(20)8-3-7(14)5-17-11(8)19-16/h1-5H,16H2,(H,17,19)(H,18,20). The molecule has 0 radical (unpaired) electrons. The van der Waals surface area contributed by atoms with Crippen molar-refractivity contribution in [2.75, 3.05) is 10.7 Å². The van der Waals surface area contributed by atoms with Crippen molar-refractivity contribution < 1.29 is 4.79 Å². The predicted octanol–water partition coefficient (Wildman–Crippen LogP) is 3.91. The highest BCUT2D eigenvalue weighted by Gasteiger charge is 2.14. The van der Waals surface area contributed by atoms with E-state index in [9.17, 15) is 4.79 Å². The zero-order valence-corrected chi connectivity index (χ0v) is 14.7. The summed E-state index contributed by atoms with van der Waals surface area (Å²) in [6.07, 6.45) is 1.56. The number of nitrogen functional groups attached to an aromatic ring is 1. The van der Waals surface area contributed by atoms with Crippen LogP contribution in [0, 0.1) is 0 Å². The molecule has 0 saturated heterocycles. The number of hydrogen-bond donors (Lipinski definition) is 3. The molecule has 0 spiro atoms. The molecular weight excluding hydrogens is 456 g/mol. The zero-order chi connectivity index (χ0) is 14.7. The van der Waals surface area contributed by atoms with Gasteiger partial charge >= 0.3 is 0 Å². The minimum Gasteiger partial charge on any atom is -0.321 e. The van der Waals surface area contributed by atoms with Gasteiger partial charge in [-0.3, -0.25) is 4.79 Å². The fourth-order valence-electron chi connectivity index (χ4n) is 1.51. The van der Waals surface area contributed by atoms with Gasteiger partial charge in [0.15, 0.2) is 5.82 Å². The first-order valence-corrected chi connectivity index (χ1v) is 7.77. The summed E-state index contributed by atoms with van der Waals surface area (Å²) >= 11 is 10.0. The van der Waals surface area contributed by atoms with Crippen molar-refractivity contribution in [1.82, 2.24) is 4.98 Å². The molecule has 0 bridgehead atoms. The number of halogens is 3. The van der Waals surface area contributed by atoms with Crippen LogP contribution in [0.3, 0.4) is 0 Å². The Balaban J connectivity index is 2.30. The van der Waals surface area contributed by atoms with E-state index in [1.54, 1.807) is 18.3 Å². The van der Waals surface area contributed by atoms with Crippen molar-refractivity contribution in [3.8, 4) is 0 Å². The molecule has 8 heteroatoms. The molecule has 20 heavy (non-hydrogen) atoms. The maximum atomic E-state index is 12.3. The van der Waals surface area contributed by atoms with Crippen molar-refractivity contribution in [2.24, 2.45) is 5.84 Å². The number of hydrogen-bond acceptors (Lipinski definition) is 4. The van der Waals surface area contributed by atoms with Crippen LogP contribution in [-0.2, 0) is 0 Å². The number of nitrogens with zero attached hydrogens (tertiary/aromatic N) is 1. The molecule has 1 amide bonds. The summed E-state index contributed by atoms with van der Waals surface area (Å²) < 4.78 is 2.37. The number of pyridine rings is 1. The summed E-state index contributed by atoms with van der Waals surface area (Å²) in [4.78, 5) is 16.3. The molecule has 104 valence electrons. The maximum Gasteiger partial charge on any atom is 0.259 e. The SMILES string of the molecule is NNc1ncc(Br)cc1C(=O)Nc1ccc(Br)cc1Br. The van der Waals surface area contributed by atoms with Gasteiger partial charge in [0.2, 0.25) is 0 Å². The highest BCUT2D eigenvalue weighted by Crippen LogP contribution is 2.27. The summed E-state index contributed by atoms with van der Waals surface area (Å²) in [5.41, 5.74) is 3.40. The summed E-state index contributed by atoms with van der Waals surface area (Å²) in [6.45, 7) is 0. The second-order valence-corrected chi connectivity index (χ2v) is 6.46. The molecule has 0 aliphatic carbocycles. The van der Waals surface area contributed by atoms with Gasteiger partial charge in [-0.25, -0.2) is 10.8 Å². The van der Waals surface area contributed by atoms with E-state index in [0.29, 0.717) is 21.5 Å². The van der Waals surface area contributed by atoms with Crippen LogP contribution in [0.5, 0.6) is 0 Å². The third-order valence-corrected chi connectivity index (χ3v) is 4.00. The van der Waals surface area contributed by atoms with E-state index in [1.165, 1.54) is 0 Å². The third kappa shape index (κ3) is 3.57. The van der Waals surface area contributed by atoms with E-state index in [0.717, 1.165) is 8.95 Å². The molecular formula is C12H9Br3N4O. The van der Waals surface area contributed by atoms with E-state index in [2.05, 4.69) is 63.5 Å². The van der Waals surface area contributed by atoms with Gasteiger partial charge < -0.3 is 10.7 Å². The predicted molar refractivity (Wildman–Crippen MR) is 89.5 cm³/mol. The normalized spacial score (nSPS) is 10.2. The molecule has 0 aliphatic rings. The molecule has 0 saturated carbocycles.